The van der Waals surface area contributed by atoms with E-state index in [4.69, 9.17) is 0 Å². The normalized spacial score (nSPS) is 11.7. The van der Waals surface area contributed by atoms with Crippen molar-refractivity contribution in [3.05, 3.63) is 76.5 Å². The van der Waals surface area contributed by atoms with Gasteiger partial charge in [-0.05, 0) is 24.3 Å². The van der Waals surface area contributed by atoms with Crippen LogP contribution in [0.15, 0.2) is 65.2 Å². The molecule has 0 fully saturated rings. The summed E-state index contributed by atoms with van der Waals surface area (Å²) >= 11 is 0. The Bertz CT molecular complexity index is 1030. The van der Waals surface area contributed by atoms with Crippen LogP contribution in [0.1, 0.15) is 5.82 Å². The maximum Gasteiger partial charge on any atom is 0.259 e. The Morgan fingerprint density at radius 1 is 1.20 bits per heavy atom. The lowest BCUT2D eigenvalue weighted by atomic mass is 10.2. The molecule has 6 nitrogen and oxygen atoms in total. The molecular weight excluding hydrogens is 316 g/mol. The van der Waals surface area contributed by atoms with Crippen molar-refractivity contribution in [2.45, 2.75) is 0 Å². The summed E-state index contributed by atoms with van der Waals surface area (Å²) in [5.41, 5.74) is 0.965. The van der Waals surface area contributed by atoms with Crippen LogP contribution in [0.2, 0.25) is 0 Å². The van der Waals surface area contributed by atoms with Gasteiger partial charge in [0.25, 0.3) is 5.56 Å². The molecule has 0 spiro atoms. The summed E-state index contributed by atoms with van der Waals surface area (Å²) in [5.74, 6) is -0.0996. The molecule has 0 unspecified atom stereocenters. The number of rotatable bonds is 4. The molecule has 2 N–H and O–H groups in total. The molecule has 0 radical (unpaired) electrons. The summed E-state index contributed by atoms with van der Waals surface area (Å²) in [5, 5.41) is 20.3. The minimum Gasteiger partial charge on any atom is -0.509 e. The molecule has 1 heterocycles. The number of nitrogens with one attached hydrogen (secondary N) is 1. The van der Waals surface area contributed by atoms with Gasteiger partial charge < -0.3 is 15.0 Å². The van der Waals surface area contributed by atoms with E-state index in [0.717, 1.165) is 5.69 Å². The zero-order valence-electron chi connectivity index (χ0n) is 13.6. The number of aromatic nitrogens is 2. The molecular formula is C19H16N4O2. The number of para-hydroxylation sites is 2. The largest absolute Gasteiger partial charge is 0.509 e. The molecule has 0 bridgehead atoms. The molecule has 0 amide bonds. The molecule has 2 aromatic carbocycles. The quantitative estimate of drug-likeness (QED) is 0.566. The van der Waals surface area contributed by atoms with Gasteiger partial charge in [-0.1, -0.05) is 30.3 Å². The van der Waals surface area contributed by atoms with Crippen molar-refractivity contribution in [3.63, 3.8) is 0 Å². The number of anilines is 1. The van der Waals surface area contributed by atoms with Crippen molar-refractivity contribution in [1.29, 1.82) is 5.26 Å². The Kier molecular flexibility index (Phi) is 4.48. The van der Waals surface area contributed by atoms with Crippen molar-refractivity contribution in [3.8, 4) is 6.07 Å². The van der Waals surface area contributed by atoms with Crippen LogP contribution in [0, 0.1) is 11.3 Å². The molecule has 3 aromatic rings. The van der Waals surface area contributed by atoms with Crippen molar-refractivity contribution in [2.75, 3.05) is 18.5 Å². The number of nitriles is 1. The van der Waals surface area contributed by atoms with E-state index in [0.29, 0.717) is 10.9 Å². The second-order valence-electron chi connectivity index (χ2n) is 5.56. The zero-order valence-corrected chi connectivity index (χ0v) is 13.6. The average molecular weight is 332 g/mol. The molecule has 3 rings (SSSR count). The van der Waals surface area contributed by atoms with E-state index in [9.17, 15) is 15.2 Å². The van der Waals surface area contributed by atoms with Gasteiger partial charge in [0.2, 0.25) is 0 Å². The predicted molar refractivity (Wildman–Crippen MR) is 97.2 cm³/mol. The van der Waals surface area contributed by atoms with Crippen LogP contribution in [-0.2, 0) is 0 Å². The SMILES string of the molecule is CN(C/C(O)=C(\C#N)c1nc2ccccc2c(=O)[nH]1)c1ccccc1. The van der Waals surface area contributed by atoms with Crippen LogP contribution in [0.5, 0.6) is 0 Å². The molecule has 0 aliphatic heterocycles. The monoisotopic (exact) mass is 332 g/mol. The van der Waals surface area contributed by atoms with E-state index in [1.807, 2.05) is 36.4 Å². The van der Waals surface area contributed by atoms with Crippen LogP contribution in [-0.4, -0.2) is 28.7 Å². The molecule has 6 heteroatoms. The number of aromatic amines is 1. The first kappa shape index (κ1) is 16.3. The van der Waals surface area contributed by atoms with E-state index < -0.39 is 0 Å². The van der Waals surface area contributed by atoms with Crippen LogP contribution >= 0.6 is 0 Å². The second-order valence-corrected chi connectivity index (χ2v) is 5.56. The Morgan fingerprint density at radius 3 is 2.60 bits per heavy atom. The van der Waals surface area contributed by atoms with Crippen LogP contribution < -0.4 is 10.5 Å². The van der Waals surface area contributed by atoms with Crippen molar-refractivity contribution >= 4 is 22.2 Å². The van der Waals surface area contributed by atoms with Gasteiger partial charge >= 0.3 is 0 Å². The third-order valence-electron chi connectivity index (χ3n) is 3.83. The number of likely N-dealkylation sites (N-methyl/N-ethyl adjacent to an activating group) is 1. The molecule has 0 aliphatic rings. The van der Waals surface area contributed by atoms with Gasteiger partial charge in [-0.25, -0.2) is 4.98 Å². The number of hydrogen-bond donors (Lipinski definition) is 2. The molecule has 124 valence electrons. The number of allylic oxidation sites excluding steroid dienone is 1. The van der Waals surface area contributed by atoms with Crippen LogP contribution in [0.4, 0.5) is 5.69 Å². The number of H-pyrrole nitrogens is 1. The summed E-state index contributed by atoms with van der Waals surface area (Å²) in [6.45, 7) is 0.115. The second kappa shape index (κ2) is 6.89. The molecule has 0 aliphatic carbocycles. The van der Waals surface area contributed by atoms with Crippen molar-refractivity contribution in [1.82, 2.24) is 9.97 Å². The van der Waals surface area contributed by atoms with E-state index in [1.54, 1.807) is 36.2 Å². The summed E-state index contributed by atoms with van der Waals surface area (Å²) in [4.78, 5) is 20.8. The van der Waals surface area contributed by atoms with Gasteiger partial charge in [-0.2, -0.15) is 5.26 Å². The Labute approximate surface area is 144 Å². The fraction of sp³-hybridized carbons (Fsp3) is 0.105. The van der Waals surface area contributed by atoms with Gasteiger partial charge in [0.1, 0.15) is 17.4 Å². The number of nitrogens with zero attached hydrogens (tertiary/aromatic N) is 3. The van der Waals surface area contributed by atoms with Crippen LogP contribution in [0.25, 0.3) is 16.5 Å². The lowest BCUT2D eigenvalue weighted by Crippen LogP contribution is -2.21. The Morgan fingerprint density at radius 2 is 1.88 bits per heavy atom. The number of aliphatic hydroxyl groups is 1. The predicted octanol–water partition coefficient (Wildman–Crippen LogP) is 2.85. The maximum atomic E-state index is 12.2. The number of fused-ring (bicyclic) bond motifs is 1. The third kappa shape index (κ3) is 3.35. The van der Waals surface area contributed by atoms with Crippen molar-refractivity contribution in [2.24, 2.45) is 0 Å². The van der Waals surface area contributed by atoms with Gasteiger partial charge in [0, 0.05) is 12.7 Å². The van der Waals surface area contributed by atoms with E-state index in [1.165, 1.54) is 0 Å². The van der Waals surface area contributed by atoms with Crippen molar-refractivity contribution < 1.29 is 5.11 Å². The lowest BCUT2D eigenvalue weighted by molar-refractivity contribution is 0.404. The molecule has 0 saturated carbocycles. The Hall–Kier alpha value is -3.59. The summed E-state index contributed by atoms with van der Waals surface area (Å²) in [6, 6.07) is 18.3. The highest BCUT2D eigenvalue weighted by atomic mass is 16.3. The minimum absolute atomic E-state index is 0.0503. The van der Waals surface area contributed by atoms with Gasteiger partial charge in [0.15, 0.2) is 5.82 Å². The van der Waals surface area contributed by atoms with Gasteiger partial charge in [-0.3, -0.25) is 4.79 Å². The fourth-order valence-corrected chi connectivity index (χ4v) is 2.54. The standard InChI is InChI=1S/C19H16N4O2/c1-23(13-7-3-2-4-8-13)12-17(24)15(11-20)18-21-16-10-6-5-9-14(16)19(25)22-18/h2-10,24H,12H2,1H3,(H,21,22,25)/b17-15-. The van der Waals surface area contributed by atoms with Crippen LogP contribution in [0.3, 0.4) is 0 Å². The summed E-state index contributed by atoms with van der Waals surface area (Å²) in [7, 11) is 1.80. The minimum atomic E-state index is -0.349. The first-order chi connectivity index (χ1) is 12.1. The summed E-state index contributed by atoms with van der Waals surface area (Å²) in [6.07, 6.45) is 0. The number of aliphatic hydroxyl groups excluding tert-OH is 1. The fourth-order valence-electron chi connectivity index (χ4n) is 2.54. The Balaban J connectivity index is 2.00. The first-order valence-corrected chi connectivity index (χ1v) is 7.68. The molecule has 0 atom stereocenters. The first-order valence-electron chi connectivity index (χ1n) is 7.68. The topological polar surface area (TPSA) is 93.0 Å². The van der Waals surface area contributed by atoms with E-state index in [-0.39, 0.29) is 29.3 Å². The third-order valence-corrected chi connectivity index (χ3v) is 3.83. The number of benzene rings is 2. The molecule has 1 aromatic heterocycles. The van der Waals surface area contributed by atoms with E-state index in [2.05, 4.69) is 9.97 Å². The molecule has 0 saturated heterocycles. The average Bonchev–Trinajstić information content (AvgIpc) is 2.63. The highest BCUT2D eigenvalue weighted by Crippen LogP contribution is 2.18. The van der Waals surface area contributed by atoms with Gasteiger partial charge in [0.05, 0.1) is 17.4 Å². The van der Waals surface area contributed by atoms with Gasteiger partial charge in [-0.15, -0.1) is 0 Å². The smallest absolute Gasteiger partial charge is 0.259 e. The summed E-state index contributed by atoms with van der Waals surface area (Å²) < 4.78 is 0. The maximum absolute atomic E-state index is 12.2. The zero-order chi connectivity index (χ0) is 17.8. The lowest BCUT2D eigenvalue weighted by Gasteiger charge is -2.19. The van der Waals surface area contributed by atoms with E-state index >= 15 is 0 Å². The molecule has 25 heavy (non-hydrogen) atoms. The highest BCUT2D eigenvalue weighted by molar-refractivity contribution is 5.81. The highest BCUT2D eigenvalue weighted by Gasteiger charge is 2.14. The number of hydrogen-bond acceptors (Lipinski definition) is 5.